The fraction of sp³-hybridized carbons (Fsp3) is 1.00. The standard InChI is InChI=1S/C13H27NOS/c1-3-16-13-8-4-7-12(10-13)14-11(2)6-5-9-15/h11-15H,3-10H2,1-2H3. The molecule has 1 saturated carbocycles. The van der Waals surface area contributed by atoms with E-state index in [4.69, 9.17) is 5.11 Å². The molecule has 3 atom stereocenters. The normalized spacial score (nSPS) is 27.9. The first kappa shape index (κ1) is 14.3. The van der Waals surface area contributed by atoms with Gasteiger partial charge in [-0.05, 0) is 44.8 Å². The van der Waals surface area contributed by atoms with Crippen LogP contribution in [0.15, 0.2) is 0 Å². The molecule has 0 spiro atoms. The summed E-state index contributed by atoms with van der Waals surface area (Å²) < 4.78 is 0. The first-order chi connectivity index (χ1) is 7.76. The minimum Gasteiger partial charge on any atom is -0.396 e. The first-order valence-electron chi connectivity index (χ1n) is 6.74. The average Bonchev–Trinajstić information content (AvgIpc) is 2.27. The van der Waals surface area contributed by atoms with Crippen LogP contribution in [0.3, 0.4) is 0 Å². The summed E-state index contributed by atoms with van der Waals surface area (Å²) in [6.07, 6.45) is 7.47. The van der Waals surface area contributed by atoms with Crippen LogP contribution in [0.5, 0.6) is 0 Å². The Hall–Kier alpha value is 0.270. The molecular formula is C13H27NOS. The Morgan fingerprint density at radius 3 is 2.94 bits per heavy atom. The van der Waals surface area contributed by atoms with E-state index in [1.165, 1.54) is 31.4 Å². The van der Waals surface area contributed by atoms with Crippen molar-refractivity contribution in [1.82, 2.24) is 5.32 Å². The highest BCUT2D eigenvalue weighted by Gasteiger charge is 2.22. The molecule has 96 valence electrons. The number of aliphatic hydroxyl groups is 1. The lowest BCUT2D eigenvalue weighted by atomic mass is 9.94. The molecular weight excluding hydrogens is 218 g/mol. The van der Waals surface area contributed by atoms with E-state index in [9.17, 15) is 0 Å². The molecule has 0 aromatic carbocycles. The second kappa shape index (κ2) is 8.37. The highest BCUT2D eigenvalue weighted by atomic mass is 32.2. The maximum atomic E-state index is 8.80. The molecule has 1 fully saturated rings. The first-order valence-corrected chi connectivity index (χ1v) is 7.79. The summed E-state index contributed by atoms with van der Waals surface area (Å²) in [5.41, 5.74) is 0. The maximum Gasteiger partial charge on any atom is 0.0431 e. The molecule has 1 aliphatic rings. The van der Waals surface area contributed by atoms with Gasteiger partial charge in [0.1, 0.15) is 0 Å². The zero-order valence-corrected chi connectivity index (χ0v) is 11.6. The Morgan fingerprint density at radius 2 is 2.25 bits per heavy atom. The highest BCUT2D eigenvalue weighted by Crippen LogP contribution is 2.28. The lowest BCUT2D eigenvalue weighted by molar-refractivity contribution is 0.268. The molecule has 0 aromatic rings. The summed E-state index contributed by atoms with van der Waals surface area (Å²) in [5, 5.41) is 13.4. The molecule has 1 rings (SSSR count). The predicted octanol–water partition coefficient (Wildman–Crippen LogP) is 2.80. The van der Waals surface area contributed by atoms with Crippen LogP contribution in [-0.2, 0) is 0 Å². The van der Waals surface area contributed by atoms with Crippen LogP contribution < -0.4 is 5.32 Å². The van der Waals surface area contributed by atoms with E-state index in [-0.39, 0.29) is 0 Å². The molecule has 0 aliphatic heterocycles. The van der Waals surface area contributed by atoms with Crippen molar-refractivity contribution in [3.05, 3.63) is 0 Å². The molecule has 0 amide bonds. The zero-order valence-electron chi connectivity index (χ0n) is 10.7. The van der Waals surface area contributed by atoms with E-state index in [2.05, 4.69) is 30.9 Å². The van der Waals surface area contributed by atoms with Gasteiger partial charge in [0, 0.05) is 23.9 Å². The molecule has 0 saturated heterocycles. The highest BCUT2D eigenvalue weighted by molar-refractivity contribution is 7.99. The summed E-state index contributed by atoms with van der Waals surface area (Å²) in [6.45, 7) is 4.82. The van der Waals surface area contributed by atoms with E-state index in [1.54, 1.807) is 0 Å². The van der Waals surface area contributed by atoms with Crippen molar-refractivity contribution < 1.29 is 5.11 Å². The smallest absolute Gasteiger partial charge is 0.0431 e. The summed E-state index contributed by atoms with van der Waals surface area (Å²) in [5.74, 6) is 1.25. The predicted molar refractivity (Wildman–Crippen MR) is 73.1 cm³/mol. The van der Waals surface area contributed by atoms with Gasteiger partial charge in [-0.3, -0.25) is 0 Å². The van der Waals surface area contributed by atoms with Crippen LogP contribution in [-0.4, -0.2) is 34.8 Å². The molecule has 3 heteroatoms. The Balaban J connectivity index is 2.20. The third-order valence-electron chi connectivity index (χ3n) is 3.34. The molecule has 0 bridgehead atoms. The summed E-state index contributed by atoms with van der Waals surface area (Å²) in [4.78, 5) is 0. The number of nitrogens with one attached hydrogen (secondary N) is 1. The van der Waals surface area contributed by atoms with E-state index >= 15 is 0 Å². The van der Waals surface area contributed by atoms with Crippen LogP contribution in [0.25, 0.3) is 0 Å². The largest absolute Gasteiger partial charge is 0.396 e. The van der Waals surface area contributed by atoms with Gasteiger partial charge in [0.05, 0.1) is 0 Å². The van der Waals surface area contributed by atoms with Crippen molar-refractivity contribution >= 4 is 11.8 Å². The molecule has 2 nitrogen and oxygen atoms in total. The van der Waals surface area contributed by atoms with Gasteiger partial charge in [-0.25, -0.2) is 0 Å². The number of thioether (sulfide) groups is 1. The number of aliphatic hydroxyl groups excluding tert-OH is 1. The Labute approximate surface area is 105 Å². The number of rotatable bonds is 7. The van der Waals surface area contributed by atoms with Crippen molar-refractivity contribution in [2.75, 3.05) is 12.4 Å². The number of hydrogen-bond acceptors (Lipinski definition) is 3. The fourth-order valence-electron chi connectivity index (χ4n) is 2.57. The third kappa shape index (κ3) is 5.55. The van der Waals surface area contributed by atoms with Gasteiger partial charge in [0.2, 0.25) is 0 Å². The average molecular weight is 245 g/mol. The lowest BCUT2D eigenvalue weighted by Crippen LogP contribution is -2.40. The Kier molecular flexibility index (Phi) is 7.50. The van der Waals surface area contributed by atoms with E-state index in [0.29, 0.717) is 18.7 Å². The molecule has 0 heterocycles. The topological polar surface area (TPSA) is 32.3 Å². The van der Waals surface area contributed by atoms with Crippen molar-refractivity contribution in [3.8, 4) is 0 Å². The van der Waals surface area contributed by atoms with Crippen molar-refractivity contribution in [2.45, 2.75) is 69.7 Å². The number of hydrogen-bond donors (Lipinski definition) is 2. The van der Waals surface area contributed by atoms with Gasteiger partial charge in [-0.15, -0.1) is 0 Å². The van der Waals surface area contributed by atoms with Crippen LogP contribution in [0.1, 0.15) is 52.4 Å². The Morgan fingerprint density at radius 1 is 1.44 bits per heavy atom. The summed E-state index contributed by atoms with van der Waals surface area (Å²) >= 11 is 2.12. The molecule has 2 N–H and O–H groups in total. The Bertz CT molecular complexity index is 175. The van der Waals surface area contributed by atoms with Gasteiger partial charge in [0.25, 0.3) is 0 Å². The second-order valence-corrected chi connectivity index (χ2v) is 6.45. The quantitative estimate of drug-likeness (QED) is 0.723. The van der Waals surface area contributed by atoms with Crippen LogP contribution in [0, 0.1) is 0 Å². The molecule has 0 radical (unpaired) electrons. The minimum atomic E-state index is 0.324. The molecule has 16 heavy (non-hydrogen) atoms. The van der Waals surface area contributed by atoms with Crippen LogP contribution in [0.2, 0.25) is 0 Å². The monoisotopic (exact) mass is 245 g/mol. The van der Waals surface area contributed by atoms with Crippen molar-refractivity contribution in [2.24, 2.45) is 0 Å². The fourth-order valence-corrected chi connectivity index (χ4v) is 3.74. The SMILES string of the molecule is CCSC1CCCC(NC(C)CCCO)C1. The molecule has 0 aromatic heterocycles. The zero-order chi connectivity index (χ0) is 11.8. The van der Waals surface area contributed by atoms with E-state index in [1.807, 2.05) is 0 Å². The van der Waals surface area contributed by atoms with Crippen LogP contribution in [0.4, 0.5) is 0 Å². The summed E-state index contributed by atoms with van der Waals surface area (Å²) in [6, 6.07) is 1.27. The van der Waals surface area contributed by atoms with Crippen molar-refractivity contribution in [3.63, 3.8) is 0 Å². The van der Waals surface area contributed by atoms with E-state index < -0.39 is 0 Å². The van der Waals surface area contributed by atoms with Gasteiger partial charge in [0.15, 0.2) is 0 Å². The third-order valence-corrected chi connectivity index (χ3v) is 4.58. The second-order valence-electron chi connectivity index (χ2n) is 4.87. The minimum absolute atomic E-state index is 0.324. The maximum absolute atomic E-state index is 8.80. The van der Waals surface area contributed by atoms with Gasteiger partial charge in [-0.1, -0.05) is 13.3 Å². The van der Waals surface area contributed by atoms with Gasteiger partial charge >= 0.3 is 0 Å². The summed E-state index contributed by atoms with van der Waals surface area (Å²) in [7, 11) is 0. The molecule has 3 unspecified atom stereocenters. The molecule has 1 aliphatic carbocycles. The van der Waals surface area contributed by atoms with Gasteiger partial charge in [-0.2, -0.15) is 11.8 Å². The van der Waals surface area contributed by atoms with Crippen molar-refractivity contribution in [1.29, 1.82) is 0 Å². The van der Waals surface area contributed by atoms with Gasteiger partial charge < -0.3 is 10.4 Å². The lowest BCUT2D eigenvalue weighted by Gasteiger charge is -2.31. The van der Waals surface area contributed by atoms with E-state index in [0.717, 1.165) is 18.1 Å². The van der Waals surface area contributed by atoms with Crippen LogP contribution >= 0.6 is 11.8 Å².